The average Bonchev–Trinajstić information content (AvgIpc) is 2.76. The van der Waals surface area contributed by atoms with Crippen LogP contribution in [-0.4, -0.2) is 31.1 Å². The Bertz CT molecular complexity index is 323. The van der Waals surface area contributed by atoms with Crippen molar-refractivity contribution in [3.8, 4) is 0 Å². The first-order valence-corrected chi connectivity index (χ1v) is 6.94. The van der Waals surface area contributed by atoms with Crippen molar-refractivity contribution in [3.05, 3.63) is 20.3 Å². The SMILES string of the molecule is CNC1CCN(Cc2cc(C)c(Br)s2)C1.Cl. The molecule has 5 heteroatoms. The zero-order chi connectivity index (χ0) is 10.8. The second-order valence-corrected chi connectivity index (χ2v) is 6.63. The number of aryl methyl sites for hydroxylation is 1. The highest BCUT2D eigenvalue weighted by atomic mass is 79.9. The van der Waals surface area contributed by atoms with E-state index in [4.69, 9.17) is 0 Å². The van der Waals surface area contributed by atoms with Crippen molar-refractivity contribution in [1.29, 1.82) is 0 Å². The molecule has 0 amide bonds. The van der Waals surface area contributed by atoms with Crippen molar-refractivity contribution in [2.45, 2.75) is 25.9 Å². The molecule has 1 fully saturated rings. The van der Waals surface area contributed by atoms with Crippen molar-refractivity contribution in [2.24, 2.45) is 0 Å². The molecular formula is C11H18BrClN2S. The molecular weight excluding hydrogens is 308 g/mol. The number of hydrogen-bond acceptors (Lipinski definition) is 3. The van der Waals surface area contributed by atoms with Gasteiger partial charge < -0.3 is 5.32 Å². The average molecular weight is 326 g/mol. The summed E-state index contributed by atoms with van der Waals surface area (Å²) in [6.07, 6.45) is 1.28. The molecule has 1 saturated heterocycles. The van der Waals surface area contributed by atoms with Crippen molar-refractivity contribution < 1.29 is 0 Å². The highest BCUT2D eigenvalue weighted by Crippen LogP contribution is 2.28. The van der Waals surface area contributed by atoms with Crippen LogP contribution in [-0.2, 0) is 6.54 Å². The highest BCUT2D eigenvalue weighted by molar-refractivity contribution is 9.11. The normalized spacial score (nSPS) is 21.1. The van der Waals surface area contributed by atoms with Crippen LogP contribution in [0, 0.1) is 6.92 Å². The van der Waals surface area contributed by atoms with Gasteiger partial charge in [0.2, 0.25) is 0 Å². The summed E-state index contributed by atoms with van der Waals surface area (Å²) < 4.78 is 1.28. The van der Waals surface area contributed by atoms with Crippen LogP contribution >= 0.6 is 39.7 Å². The number of rotatable bonds is 3. The third-order valence-corrected chi connectivity index (χ3v) is 5.09. The first-order chi connectivity index (χ1) is 7.19. The van der Waals surface area contributed by atoms with Gasteiger partial charge in [0.1, 0.15) is 0 Å². The van der Waals surface area contributed by atoms with Gasteiger partial charge in [0.25, 0.3) is 0 Å². The van der Waals surface area contributed by atoms with E-state index in [2.05, 4.69) is 46.2 Å². The van der Waals surface area contributed by atoms with E-state index in [-0.39, 0.29) is 12.4 Å². The van der Waals surface area contributed by atoms with E-state index in [1.54, 1.807) is 0 Å². The van der Waals surface area contributed by atoms with E-state index in [1.165, 1.54) is 33.7 Å². The number of nitrogens with zero attached hydrogens (tertiary/aromatic N) is 1. The van der Waals surface area contributed by atoms with Crippen LogP contribution in [0.25, 0.3) is 0 Å². The Morgan fingerprint density at radius 1 is 1.62 bits per heavy atom. The summed E-state index contributed by atoms with van der Waals surface area (Å²) in [4.78, 5) is 4.00. The lowest BCUT2D eigenvalue weighted by Gasteiger charge is -2.14. The third kappa shape index (κ3) is 3.44. The quantitative estimate of drug-likeness (QED) is 0.919. The molecule has 0 spiro atoms. The molecule has 0 saturated carbocycles. The maximum atomic E-state index is 3.58. The molecule has 1 aromatic rings. The molecule has 92 valence electrons. The van der Waals surface area contributed by atoms with Gasteiger partial charge in [-0.25, -0.2) is 0 Å². The van der Waals surface area contributed by atoms with Gasteiger partial charge in [0, 0.05) is 30.6 Å². The monoisotopic (exact) mass is 324 g/mol. The molecule has 0 aliphatic carbocycles. The Morgan fingerprint density at radius 2 is 2.38 bits per heavy atom. The minimum Gasteiger partial charge on any atom is -0.316 e. The standard InChI is InChI=1S/C11H17BrN2S.ClH/c1-8-5-10(15-11(8)12)7-14-4-3-9(6-14)13-2;/h5,9,13H,3-4,6-7H2,1-2H3;1H. The van der Waals surface area contributed by atoms with Crippen LogP contribution in [0.3, 0.4) is 0 Å². The van der Waals surface area contributed by atoms with Crippen LogP contribution in [0.5, 0.6) is 0 Å². The van der Waals surface area contributed by atoms with E-state index in [1.807, 2.05) is 11.3 Å². The van der Waals surface area contributed by atoms with E-state index < -0.39 is 0 Å². The molecule has 16 heavy (non-hydrogen) atoms. The molecule has 2 nitrogen and oxygen atoms in total. The summed E-state index contributed by atoms with van der Waals surface area (Å²) in [7, 11) is 2.06. The van der Waals surface area contributed by atoms with Gasteiger partial charge in [-0.2, -0.15) is 0 Å². The van der Waals surface area contributed by atoms with Crippen molar-refractivity contribution in [1.82, 2.24) is 10.2 Å². The van der Waals surface area contributed by atoms with E-state index in [0.717, 1.165) is 6.54 Å². The van der Waals surface area contributed by atoms with Crippen molar-refractivity contribution in [3.63, 3.8) is 0 Å². The third-order valence-electron chi connectivity index (χ3n) is 2.97. The van der Waals surface area contributed by atoms with Crippen LogP contribution in [0.2, 0.25) is 0 Å². The zero-order valence-corrected chi connectivity index (χ0v) is 12.8. The summed E-state index contributed by atoms with van der Waals surface area (Å²) >= 11 is 5.44. The number of hydrogen-bond donors (Lipinski definition) is 1. The predicted octanol–water partition coefficient (Wildman–Crippen LogP) is 3.03. The highest BCUT2D eigenvalue weighted by Gasteiger charge is 2.21. The Balaban J connectivity index is 0.00000128. The van der Waals surface area contributed by atoms with Crippen LogP contribution in [0.15, 0.2) is 9.85 Å². The predicted molar refractivity (Wildman–Crippen MR) is 76.7 cm³/mol. The fourth-order valence-electron chi connectivity index (χ4n) is 2.03. The number of nitrogens with one attached hydrogen (secondary N) is 1. The van der Waals surface area contributed by atoms with Gasteiger partial charge in [-0.3, -0.25) is 4.90 Å². The maximum absolute atomic E-state index is 3.58. The summed E-state index contributed by atoms with van der Waals surface area (Å²) in [6.45, 7) is 5.67. The number of likely N-dealkylation sites (tertiary alicyclic amines) is 1. The lowest BCUT2D eigenvalue weighted by molar-refractivity contribution is 0.325. The molecule has 0 aromatic carbocycles. The summed E-state index contributed by atoms with van der Waals surface area (Å²) in [5, 5.41) is 3.35. The minimum atomic E-state index is 0. The fourth-order valence-corrected chi connectivity index (χ4v) is 3.70. The Hall–Kier alpha value is 0.390. The van der Waals surface area contributed by atoms with E-state index >= 15 is 0 Å². The molecule has 0 radical (unpaired) electrons. The molecule has 1 aromatic heterocycles. The fraction of sp³-hybridized carbons (Fsp3) is 0.636. The molecule has 1 aliphatic rings. The van der Waals surface area contributed by atoms with Crippen LogP contribution in [0.4, 0.5) is 0 Å². The Kier molecular flexibility index (Phi) is 5.74. The molecule has 2 rings (SSSR count). The van der Waals surface area contributed by atoms with Gasteiger partial charge in [0.05, 0.1) is 3.79 Å². The lowest BCUT2D eigenvalue weighted by atomic mass is 10.3. The van der Waals surface area contributed by atoms with Gasteiger partial charge in [-0.1, -0.05) is 0 Å². The minimum absolute atomic E-state index is 0. The molecule has 1 N–H and O–H groups in total. The molecule has 1 aliphatic heterocycles. The zero-order valence-electron chi connectivity index (χ0n) is 9.62. The van der Waals surface area contributed by atoms with Gasteiger partial charge in [-0.15, -0.1) is 23.7 Å². The maximum Gasteiger partial charge on any atom is 0.0730 e. The summed E-state index contributed by atoms with van der Waals surface area (Å²) in [6, 6.07) is 2.98. The number of halogens is 2. The second kappa shape index (κ2) is 6.36. The first-order valence-electron chi connectivity index (χ1n) is 5.33. The lowest BCUT2D eigenvalue weighted by Crippen LogP contribution is -2.29. The van der Waals surface area contributed by atoms with E-state index in [0.29, 0.717) is 6.04 Å². The Labute approximate surface area is 116 Å². The molecule has 1 unspecified atom stereocenters. The number of thiophene rings is 1. The van der Waals surface area contributed by atoms with Crippen molar-refractivity contribution in [2.75, 3.05) is 20.1 Å². The Morgan fingerprint density at radius 3 is 2.88 bits per heavy atom. The molecule has 1 atom stereocenters. The summed E-state index contributed by atoms with van der Waals surface area (Å²) in [5.41, 5.74) is 1.36. The van der Waals surface area contributed by atoms with Crippen LogP contribution < -0.4 is 5.32 Å². The van der Waals surface area contributed by atoms with Gasteiger partial charge in [-0.05, 0) is 48.0 Å². The van der Waals surface area contributed by atoms with Crippen LogP contribution in [0.1, 0.15) is 16.9 Å². The molecule has 0 bridgehead atoms. The van der Waals surface area contributed by atoms with Gasteiger partial charge in [0.15, 0.2) is 0 Å². The smallest absolute Gasteiger partial charge is 0.0730 e. The number of likely N-dealkylation sites (N-methyl/N-ethyl adjacent to an activating group) is 1. The second-order valence-electron chi connectivity index (χ2n) is 4.18. The first kappa shape index (κ1) is 14.5. The van der Waals surface area contributed by atoms with E-state index in [9.17, 15) is 0 Å². The summed E-state index contributed by atoms with van der Waals surface area (Å²) in [5.74, 6) is 0. The van der Waals surface area contributed by atoms with Crippen molar-refractivity contribution >= 4 is 39.7 Å². The van der Waals surface area contributed by atoms with Gasteiger partial charge >= 0.3 is 0 Å². The molecule has 2 heterocycles. The largest absolute Gasteiger partial charge is 0.316 e. The topological polar surface area (TPSA) is 15.3 Å².